The summed E-state index contributed by atoms with van der Waals surface area (Å²) in [5, 5.41) is 10.5. The fourth-order valence-electron chi connectivity index (χ4n) is 6.07. The second kappa shape index (κ2) is 9.50. The molecule has 198 valence electrons. The van der Waals surface area contributed by atoms with Crippen LogP contribution in [0.3, 0.4) is 0 Å². The summed E-state index contributed by atoms with van der Waals surface area (Å²) in [6.07, 6.45) is 2.26. The number of nitrogens with zero attached hydrogens (tertiary/aromatic N) is 3. The van der Waals surface area contributed by atoms with Crippen molar-refractivity contribution in [3.05, 3.63) is 0 Å². The number of alkyl halides is 1. The molecular formula is C25H40FN3O6. The molecule has 4 fully saturated rings. The number of carbonyl (C=O) groups excluding carboxylic acids is 3. The van der Waals surface area contributed by atoms with E-state index < -0.39 is 35.4 Å². The summed E-state index contributed by atoms with van der Waals surface area (Å²) >= 11 is 0. The Morgan fingerprint density at radius 1 is 1.09 bits per heavy atom. The van der Waals surface area contributed by atoms with E-state index in [2.05, 4.69) is 0 Å². The van der Waals surface area contributed by atoms with Gasteiger partial charge in [-0.2, -0.15) is 0 Å². The van der Waals surface area contributed by atoms with Gasteiger partial charge in [-0.25, -0.2) is 9.18 Å². The third-order valence-corrected chi connectivity index (χ3v) is 8.00. The monoisotopic (exact) mass is 497 g/mol. The Bertz CT molecular complexity index is 850. The molecule has 0 spiro atoms. The van der Waals surface area contributed by atoms with Crippen molar-refractivity contribution in [2.45, 2.75) is 82.6 Å². The molecule has 35 heavy (non-hydrogen) atoms. The number of ether oxygens (including phenoxy) is 2. The predicted octanol–water partition coefficient (Wildman–Crippen LogP) is 1.96. The van der Waals surface area contributed by atoms with Gasteiger partial charge in [0.25, 0.3) is 0 Å². The summed E-state index contributed by atoms with van der Waals surface area (Å²) in [4.78, 5) is 44.7. The lowest BCUT2D eigenvalue weighted by Crippen LogP contribution is -2.57. The van der Waals surface area contributed by atoms with Crippen LogP contribution in [0.4, 0.5) is 9.18 Å². The van der Waals surface area contributed by atoms with Crippen LogP contribution in [0, 0.1) is 11.8 Å². The zero-order valence-electron chi connectivity index (χ0n) is 21.4. The van der Waals surface area contributed by atoms with Crippen LogP contribution < -0.4 is 0 Å². The van der Waals surface area contributed by atoms with Crippen LogP contribution in [0.5, 0.6) is 0 Å². The van der Waals surface area contributed by atoms with Gasteiger partial charge in [-0.1, -0.05) is 0 Å². The van der Waals surface area contributed by atoms with Gasteiger partial charge >= 0.3 is 6.09 Å². The van der Waals surface area contributed by atoms with Gasteiger partial charge in [0.15, 0.2) is 0 Å². The standard InChI is InChI=1S/C25H40FN3O6/c1-23(2,3)35-22(32)29-11-7-8-24(29,4)21(31)28-12-17-18(14-34-19(17)13-28)20(30)27-10-6-5-9-25(33,15-26)16-27/h17-19,33H,5-16H2,1-4H3/t17-,18+,19+,24-,25?/m0/s1. The zero-order chi connectivity index (χ0) is 25.6. The van der Waals surface area contributed by atoms with Gasteiger partial charge in [-0.3, -0.25) is 14.5 Å². The highest BCUT2D eigenvalue weighted by Gasteiger charge is 2.54. The van der Waals surface area contributed by atoms with Gasteiger partial charge < -0.3 is 24.4 Å². The molecular weight excluding hydrogens is 457 g/mol. The number of carbonyl (C=O) groups is 3. The highest BCUT2D eigenvalue weighted by molar-refractivity contribution is 5.90. The number of halogens is 1. The van der Waals surface area contributed by atoms with E-state index in [1.165, 1.54) is 4.90 Å². The van der Waals surface area contributed by atoms with E-state index >= 15 is 0 Å². The van der Waals surface area contributed by atoms with E-state index in [-0.39, 0.29) is 37.0 Å². The molecule has 4 aliphatic rings. The molecule has 4 saturated heterocycles. The Morgan fingerprint density at radius 3 is 2.51 bits per heavy atom. The minimum Gasteiger partial charge on any atom is -0.444 e. The molecule has 0 bridgehead atoms. The number of hydrogen-bond donors (Lipinski definition) is 1. The lowest BCUT2D eigenvalue weighted by Gasteiger charge is -2.38. The molecule has 4 rings (SSSR count). The lowest BCUT2D eigenvalue weighted by atomic mass is 9.91. The Kier molecular flexibility index (Phi) is 7.09. The SMILES string of the molecule is CC(C)(C)OC(=O)N1CCC[C@@]1(C)C(=O)N1C[C@@H]2[C@@H](C1)OC[C@H]2C(=O)N1CCCCC(O)(CF)C1. The molecule has 3 amide bonds. The van der Waals surface area contributed by atoms with E-state index in [1.807, 2.05) is 0 Å². The van der Waals surface area contributed by atoms with Crippen molar-refractivity contribution in [2.75, 3.05) is 46.0 Å². The molecule has 10 heteroatoms. The van der Waals surface area contributed by atoms with Crippen molar-refractivity contribution < 1.29 is 33.4 Å². The average Bonchev–Trinajstić information content (AvgIpc) is 3.44. The first-order valence-corrected chi connectivity index (χ1v) is 12.9. The molecule has 0 aromatic carbocycles. The Labute approximate surface area is 206 Å². The minimum absolute atomic E-state index is 0.0121. The van der Waals surface area contributed by atoms with Gasteiger partial charge in [0.05, 0.1) is 25.2 Å². The highest BCUT2D eigenvalue weighted by atomic mass is 19.1. The zero-order valence-corrected chi connectivity index (χ0v) is 21.4. The predicted molar refractivity (Wildman–Crippen MR) is 125 cm³/mol. The summed E-state index contributed by atoms with van der Waals surface area (Å²) in [7, 11) is 0. The van der Waals surface area contributed by atoms with Crippen LogP contribution in [-0.2, 0) is 19.1 Å². The van der Waals surface area contributed by atoms with Crippen LogP contribution >= 0.6 is 0 Å². The van der Waals surface area contributed by atoms with Crippen molar-refractivity contribution in [2.24, 2.45) is 11.8 Å². The molecule has 0 aromatic rings. The van der Waals surface area contributed by atoms with Gasteiger partial charge in [-0.15, -0.1) is 0 Å². The number of amides is 3. The molecule has 5 atom stereocenters. The number of rotatable bonds is 3. The number of fused-ring (bicyclic) bond motifs is 1. The summed E-state index contributed by atoms with van der Waals surface area (Å²) < 4.78 is 25.0. The number of hydrogen-bond acceptors (Lipinski definition) is 6. The molecule has 4 heterocycles. The Balaban J connectivity index is 1.43. The van der Waals surface area contributed by atoms with Crippen LogP contribution in [0.1, 0.15) is 59.8 Å². The molecule has 0 aromatic heterocycles. The minimum atomic E-state index is -1.50. The van der Waals surface area contributed by atoms with Crippen LogP contribution in [0.25, 0.3) is 0 Å². The fourth-order valence-corrected chi connectivity index (χ4v) is 6.07. The van der Waals surface area contributed by atoms with Crippen LogP contribution in [0.15, 0.2) is 0 Å². The maximum atomic E-state index is 13.7. The van der Waals surface area contributed by atoms with Crippen molar-refractivity contribution in [3.8, 4) is 0 Å². The number of likely N-dealkylation sites (tertiary alicyclic amines) is 3. The normalized spacial score (nSPS) is 35.7. The van der Waals surface area contributed by atoms with Gasteiger partial charge in [0.1, 0.15) is 23.4 Å². The van der Waals surface area contributed by atoms with Gasteiger partial charge in [-0.05, 0) is 59.8 Å². The van der Waals surface area contributed by atoms with Gasteiger partial charge in [0, 0.05) is 32.1 Å². The van der Waals surface area contributed by atoms with E-state index in [1.54, 1.807) is 37.5 Å². The van der Waals surface area contributed by atoms with Crippen molar-refractivity contribution in [1.82, 2.24) is 14.7 Å². The Morgan fingerprint density at radius 2 is 1.83 bits per heavy atom. The topological polar surface area (TPSA) is 99.6 Å². The summed E-state index contributed by atoms with van der Waals surface area (Å²) in [6, 6.07) is 0. The number of aliphatic hydroxyl groups is 1. The third-order valence-electron chi connectivity index (χ3n) is 8.00. The second-order valence-corrected chi connectivity index (χ2v) is 11.9. The number of β-amino-alcohol motifs (C(OH)–C–C–N with tert-alkyl or cyclic N) is 1. The maximum absolute atomic E-state index is 13.7. The van der Waals surface area contributed by atoms with Crippen molar-refractivity contribution >= 4 is 17.9 Å². The molecule has 9 nitrogen and oxygen atoms in total. The molecule has 0 radical (unpaired) electrons. The second-order valence-electron chi connectivity index (χ2n) is 11.9. The molecule has 0 saturated carbocycles. The average molecular weight is 498 g/mol. The smallest absolute Gasteiger partial charge is 0.411 e. The highest BCUT2D eigenvalue weighted by Crippen LogP contribution is 2.39. The molecule has 1 N–H and O–H groups in total. The quantitative estimate of drug-likeness (QED) is 0.640. The molecule has 4 aliphatic heterocycles. The lowest BCUT2D eigenvalue weighted by molar-refractivity contribution is -0.144. The van der Waals surface area contributed by atoms with Crippen molar-refractivity contribution in [1.29, 1.82) is 0 Å². The fraction of sp³-hybridized carbons (Fsp3) is 0.880. The maximum Gasteiger partial charge on any atom is 0.411 e. The summed E-state index contributed by atoms with van der Waals surface area (Å²) in [6.45, 7) is 8.27. The largest absolute Gasteiger partial charge is 0.444 e. The van der Waals surface area contributed by atoms with Crippen molar-refractivity contribution in [3.63, 3.8) is 0 Å². The van der Waals surface area contributed by atoms with E-state index in [9.17, 15) is 23.9 Å². The summed E-state index contributed by atoms with van der Waals surface area (Å²) in [5.74, 6) is -0.874. The molecule has 1 unspecified atom stereocenters. The first kappa shape index (κ1) is 26.1. The van der Waals surface area contributed by atoms with Crippen LogP contribution in [-0.4, -0.2) is 107 Å². The van der Waals surface area contributed by atoms with E-state index in [0.717, 1.165) is 6.42 Å². The van der Waals surface area contributed by atoms with E-state index in [4.69, 9.17) is 9.47 Å². The van der Waals surface area contributed by atoms with E-state index in [0.29, 0.717) is 51.9 Å². The first-order chi connectivity index (χ1) is 16.4. The molecule has 0 aliphatic carbocycles. The first-order valence-electron chi connectivity index (χ1n) is 12.9. The van der Waals surface area contributed by atoms with Gasteiger partial charge in [0.2, 0.25) is 11.8 Å². The Hall–Kier alpha value is -1.94. The third kappa shape index (κ3) is 5.14. The summed E-state index contributed by atoms with van der Waals surface area (Å²) in [5.41, 5.74) is -3.15. The van der Waals surface area contributed by atoms with Crippen LogP contribution in [0.2, 0.25) is 0 Å².